The van der Waals surface area contributed by atoms with Crippen LogP contribution in [0, 0.1) is 0 Å². The van der Waals surface area contributed by atoms with Gasteiger partial charge in [-0.25, -0.2) is 8.42 Å². The minimum Gasteiger partial charge on any atom is -0.497 e. The predicted molar refractivity (Wildman–Crippen MR) is 115 cm³/mol. The van der Waals surface area contributed by atoms with Crippen LogP contribution < -0.4 is 10.1 Å². The number of methoxy groups -OCH3 is 1. The summed E-state index contributed by atoms with van der Waals surface area (Å²) in [4.78, 5) is 14.8. The maximum atomic E-state index is 12.5. The average molecular weight is 454 g/mol. The van der Waals surface area contributed by atoms with Gasteiger partial charge in [0, 0.05) is 26.7 Å². The van der Waals surface area contributed by atoms with Crippen LogP contribution in [0.2, 0.25) is 0 Å². The van der Waals surface area contributed by atoms with Crippen LogP contribution in [0.3, 0.4) is 0 Å². The molecular formula is C20H27N3O5S2. The summed E-state index contributed by atoms with van der Waals surface area (Å²) in [5, 5.41) is 4.60. The van der Waals surface area contributed by atoms with Gasteiger partial charge in [0.1, 0.15) is 9.96 Å². The second-order valence-corrected chi connectivity index (χ2v) is 10.2. The Balaban J connectivity index is 1.64. The number of sulfonamides is 1. The lowest BCUT2D eigenvalue weighted by atomic mass is 10.0. The number of nitrogens with one attached hydrogen (secondary N) is 1. The summed E-state index contributed by atoms with van der Waals surface area (Å²) in [5.74, 6) is 0.424. The molecule has 1 saturated heterocycles. The van der Waals surface area contributed by atoms with Crippen molar-refractivity contribution in [1.82, 2.24) is 14.5 Å². The van der Waals surface area contributed by atoms with E-state index in [2.05, 4.69) is 10.2 Å². The van der Waals surface area contributed by atoms with Crippen LogP contribution in [0.1, 0.15) is 11.6 Å². The molecule has 1 N–H and O–H groups in total. The van der Waals surface area contributed by atoms with Gasteiger partial charge in [-0.1, -0.05) is 18.2 Å². The van der Waals surface area contributed by atoms with Crippen molar-refractivity contribution in [2.45, 2.75) is 10.3 Å². The van der Waals surface area contributed by atoms with E-state index in [1.54, 1.807) is 18.6 Å². The van der Waals surface area contributed by atoms with Gasteiger partial charge in [0.15, 0.2) is 0 Å². The quantitative estimate of drug-likeness (QED) is 0.620. The Labute approximate surface area is 181 Å². The number of thiophene rings is 1. The van der Waals surface area contributed by atoms with Gasteiger partial charge in [-0.05, 0) is 29.1 Å². The molecule has 1 aliphatic heterocycles. The first-order chi connectivity index (χ1) is 14.4. The van der Waals surface area contributed by atoms with Gasteiger partial charge in [0.25, 0.3) is 10.0 Å². The second-order valence-electron chi connectivity index (χ2n) is 6.93. The number of hydrogen-bond donors (Lipinski definition) is 1. The fraction of sp³-hybridized carbons (Fsp3) is 0.450. The lowest BCUT2D eigenvalue weighted by molar-refractivity contribution is -0.121. The summed E-state index contributed by atoms with van der Waals surface area (Å²) in [6.45, 7) is 2.94. The highest BCUT2D eigenvalue weighted by Gasteiger charge is 2.26. The summed E-state index contributed by atoms with van der Waals surface area (Å²) < 4.78 is 37.0. The minimum atomic E-state index is -3.66. The molecule has 1 aromatic carbocycles. The van der Waals surface area contributed by atoms with E-state index >= 15 is 0 Å². The van der Waals surface area contributed by atoms with Gasteiger partial charge in [0.2, 0.25) is 5.91 Å². The topological polar surface area (TPSA) is 88.2 Å². The molecule has 0 spiro atoms. The number of nitrogens with zero attached hydrogens (tertiary/aromatic N) is 2. The molecule has 0 saturated carbocycles. The van der Waals surface area contributed by atoms with Crippen molar-refractivity contribution >= 4 is 27.3 Å². The van der Waals surface area contributed by atoms with E-state index in [4.69, 9.17) is 9.47 Å². The maximum Gasteiger partial charge on any atom is 0.252 e. The van der Waals surface area contributed by atoms with Crippen LogP contribution in [-0.4, -0.2) is 77.1 Å². The Morgan fingerprint density at radius 3 is 2.57 bits per heavy atom. The van der Waals surface area contributed by atoms with E-state index in [0.29, 0.717) is 19.8 Å². The van der Waals surface area contributed by atoms with Crippen molar-refractivity contribution in [3.05, 3.63) is 47.3 Å². The zero-order chi connectivity index (χ0) is 21.6. The van der Waals surface area contributed by atoms with Crippen LogP contribution in [0.15, 0.2) is 46.0 Å². The van der Waals surface area contributed by atoms with Crippen molar-refractivity contribution in [3.8, 4) is 5.75 Å². The molecule has 1 atom stereocenters. The van der Waals surface area contributed by atoms with Gasteiger partial charge in [-0.3, -0.25) is 9.69 Å². The number of carbonyl (C=O) groups is 1. The Morgan fingerprint density at radius 1 is 1.27 bits per heavy atom. The van der Waals surface area contributed by atoms with Crippen molar-refractivity contribution in [2.75, 3.05) is 53.6 Å². The Hall–Kier alpha value is -1.98. The number of likely N-dealkylation sites (N-methyl/N-ethyl adjacent to an activating group) is 1. The Kier molecular flexibility index (Phi) is 7.84. The molecular weight excluding hydrogens is 426 g/mol. The number of benzene rings is 1. The first kappa shape index (κ1) is 22.7. The smallest absolute Gasteiger partial charge is 0.252 e. The van der Waals surface area contributed by atoms with Crippen LogP contribution in [-0.2, 0) is 19.6 Å². The summed E-state index contributed by atoms with van der Waals surface area (Å²) in [7, 11) is -0.625. The molecule has 164 valence electrons. The average Bonchev–Trinajstić information content (AvgIpc) is 3.31. The van der Waals surface area contributed by atoms with Crippen molar-refractivity contribution in [1.29, 1.82) is 0 Å². The summed E-state index contributed by atoms with van der Waals surface area (Å²) in [6, 6.07) is 10.9. The van der Waals surface area contributed by atoms with Gasteiger partial charge in [-0.2, -0.15) is 4.31 Å². The summed E-state index contributed by atoms with van der Waals surface area (Å²) in [5.41, 5.74) is 1.05. The lowest BCUT2D eigenvalue weighted by Gasteiger charge is -2.35. The molecule has 2 aromatic rings. The fourth-order valence-corrected chi connectivity index (χ4v) is 5.62. The molecule has 0 aliphatic carbocycles. The van der Waals surface area contributed by atoms with Crippen molar-refractivity contribution in [2.24, 2.45) is 0 Å². The molecule has 1 fully saturated rings. The van der Waals surface area contributed by atoms with Crippen LogP contribution in [0.4, 0.5) is 0 Å². The number of rotatable bonds is 9. The number of amides is 1. The maximum absolute atomic E-state index is 12.5. The lowest BCUT2D eigenvalue weighted by Crippen LogP contribution is -2.45. The zero-order valence-electron chi connectivity index (χ0n) is 17.1. The summed E-state index contributed by atoms with van der Waals surface area (Å²) in [6.07, 6.45) is 0. The predicted octanol–water partition coefficient (Wildman–Crippen LogP) is 1.57. The number of morpholine rings is 1. The zero-order valence-corrected chi connectivity index (χ0v) is 18.7. The largest absolute Gasteiger partial charge is 0.497 e. The second kappa shape index (κ2) is 10.4. The van der Waals surface area contributed by atoms with Gasteiger partial charge >= 0.3 is 0 Å². The highest BCUT2D eigenvalue weighted by molar-refractivity contribution is 7.91. The Bertz CT molecular complexity index is 910. The molecule has 8 nitrogen and oxygen atoms in total. The molecule has 1 aromatic heterocycles. The molecule has 0 radical (unpaired) electrons. The third kappa shape index (κ3) is 5.58. The third-order valence-corrected chi connectivity index (χ3v) is 8.18. The van der Waals surface area contributed by atoms with Gasteiger partial charge in [-0.15, -0.1) is 11.3 Å². The normalized spacial score (nSPS) is 16.4. The van der Waals surface area contributed by atoms with Crippen molar-refractivity contribution < 1.29 is 22.7 Å². The van der Waals surface area contributed by atoms with E-state index in [0.717, 1.165) is 40.0 Å². The van der Waals surface area contributed by atoms with E-state index in [-0.39, 0.29) is 22.7 Å². The number of carbonyl (C=O) groups excluding carboxylic acids is 1. The van der Waals surface area contributed by atoms with Gasteiger partial charge in [0.05, 0.1) is 32.9 Å². The SMILES string of the molecule is COc1ccc([C@@H](CNC(=O)CN(C)S(=O)(=O)c2cccs2)N2CCOCC2)cc1. The minimum absolute atomic E-state index is 0.0389. The first-order valence-electron chi connectivity index (χ1n) is 9.64. The number of ether oxygens (including phenoxy) is 2. The monoisotopic (exact) mass is 453 g/mol. The molecule has 2 heterocycles. The molecule has 1 aliphatic rings. The molecule has 30 heavy (non-hydrogen) atoms. The molecule has 0 bridgehead atoms. The van der Waals surface area contributed by atoms with E-state index in [1.807, 2.05) is 24.3 Å². The van der Waals surface area contributed by atoms with Gasteiger partial charge < -0.3 is 14.8 Å². The van der Waals surface area contributed by atoms with E-state index < -0.39 is 10.0 Å². The number of hydrogen-bond acceptors (Lipinski definition) is 7. The molecule has 3 rings (SSSR count). The highest BCUT2D eigenvalue weighted by atomic mass is 32.2. The van der Waals surface area contributed by atoms with Crippen LogP contribution in [0.25, 0.3) is 0 Å². The fourth-order valence-electron chi connectivity index (χ4n) is 3.29. The highest BCUT2D eigenvalue weighted by Crippen LogP contribution is 2.24. The molecule has 1 amide bonds. The van der Waals surface area contributed by atoms with E-state index in [1.165, 1.54) is 13.1 Å². The Morgan fingerprint density at radius 2 is 1.97 bits per heavy atom. The van der Waals surface area contributed by atoms with E-state index in [9.17, 15) is 13.2 Å². The van der Waals surface area contributed by atoms with Crippen molar-refractivity contribution in [3.63, 3.8) is 0 Å². The first-order valence-corrected chi connectivity index (χ1v) is 12.0. The third-order valence-electron chi connectivity index (χ3n) is 5.01. The molecule has 10 heteroatoms. The molecule has 0 unspecified atom stereocenters. The standard InChI is InChI=1S/C20H27N3O5S2/c1-22(30(25,26)20-4-3-13-29-20)15-19(24)21-14-18(23-9-11-28-12-10-23)16-5-7-17(27-2)8-6-16/h3-8,13,18H,9-12,14-15H2,1-2H3,(H,21,24)/t18-/m1/s1. The van der Waals surface area contributed by atoms with Crippen LogP contribution in [0.5, 0.6) is 5.75 Å². The van der Waals surface area contributed by atoms with Crippen LogP contribution >= 0.6 is 11.3 Å². The summed E-state index contributed by atoms with van der Waals surface area (Å²) >= 11 is 1.13.